The molecule has 27 heavy (non-hydrogen) atoms. The highest BCUT2D eigenvalue weighted by molar-refractivity contribution is 6.32. The van der Waals surface area contributed by atoms with Crippen LogP contribution in [0.5, 0.6) is 5.75 Å². The van der Waals surface area contributed by atoms with Crippen molar-refractivity contribution in [3.8, 4) is 11.8 Å². The number of carbonyl (C=O) groups is 1. The Balaban J connectivity index is 1.93. The summed E-state index contributed by atoms with van der Waals surface area (Å²) in [6.45, 7) is 1.93. The molecule has 5 nitrogen and oxygen atoms in total. The minimum absolute atomic E-state index is 0.0323. The SMILES string of the molecule is COc1cc2c(cc1Cl)C=C([C@H](C)Cc1ccc(C#N)n(C)c1=O)C(=O)C2. The average molecular weight is 383 g/mol. The molecule has 1 aliphatic carbocycles. The Morgan fingerprint density at radius 1 is 1.33 bits per heavy atom. The Morgan fingerprint density at radius 3 is 2.74 bits per heavy atom. The summed E-state index contributed by atoms with van der Waals surface area (Å²) in [4.78, 5) is 25.1. The van der Waals surface area contributed by atoms with Crippen LogP contribution in [0.25, 0.3) is 6.08 Å². The summed E-state index contributed by atoms with van der Waals surface area (Å²) < 4.78 is 6.55. The van der Waals surface area contributed by atoms with Gasteiger partial charge in [0.05, 0.1) is 12.1 Å². The molecule has 0 bridgehead atoms. The molecule has 0 radical (unpaired) electrons. The smallest absolute Gasteiger partial charge is 0.254 e. The number of Topliss-reactive ketones (excluding diaryl/α,β-unsaturated/α-hetero) is 1. The van der Waals surface area contributed by atoms with Gasteiger partial charge in [-0.05, 0) is 53.3 Å². The van der Waals surface area contributed by atoms with E-state index >= 15 is 0 Å². The molecule has 0 N–H and O–H groups in total. The highest BCUT2D eigenvalue weighted by atomic mass is 35.5. The van der Waals surface area contributed by atoms with Gasteiger partial charge in [-0.25, -0.2) is 0 Å². The Morgan fingerprint density at radius 2 is 2.07 bits per heavy atom. The van der Waals surface area contributed by atoms with Crippen molar-refractivity contribution in [1.29, 1.82) is 5.26 Å². The fourth-order valence-corrected chi connectivity index (χ4v) is 3.64. The molecule has 6 heteroatoms. The van der Waals surface area contributed by atoms with Gasteiger partial charge in [0, 0.05) is 19.0 Å². The molecule has 3 rings (SSSR count). The fraction of sp³-hybridized carbons (Fsp3) is 0.286. The number of nitriles is 1. The predicted molar refractivity (Wildman–Crippen MR) is 104 cm³/mol. The van der Waals surface area contributed by atoms with Gasteiger partial charge in [0.2, 0.25) is 0 Å². The first-order valence-corrected chi connectivity index (χ1v) is 8.93. The van der Waals surface area contributed by atoms with E-state index < -0.39 is 0 Å². The molecule has 1 heterocycles. The quantitative estimate of drug-likeness (QED) is 0.813. The van der Waals surface area contributed by atoms with Crippen molar-refractivity contribution in [3.05, 3.63) is 67.6 Å². The van der Waals surface area contributed by atoms with Crippen molar-refractivity contribution in [3.63, 3.8) is 0 Å². The number of aromatic nitrogens is 1. The maximum Gasteiger partial charge on any atom is 0.254 e. The van der Waals surface area contributed by atoms with Gasteiger partial charge >= 0.3 is 0 Å². The monoisotopic (exact) mass is 382 g/mol. The van der Waals surface area contributed by atoms with Crippen LogP contribution in [0, 0.1) is 17.2 Å². The molecular weight excluding hydrogens is 364 g/mol. The average Bonchev–Trinajstić information content (AvgIpc) is 2.65. The molecule has 1 aliphatic rings. The van der Waals surface area contributed by atoms with Gasteiger partial charge in [0.15, 0.2) is 5.78 Å². The first-order chi connectivity index (χ1) is 12.8. The number of benzene rings is 1. The summed E-state index contributed by atoms with van der Waals surface area (Å²) >= 11 is 6.21. The molecule has 0 aliphatic heterocycles. The number of rotatable bonds is 4. The number of hydrogen-bond acceptors (Lipinski definition) is 4. The summed E-state index contributed by atoms with van der Waals surface area (Å²) in [6, 6.07) is 8.88. The van der Waals surface area contributed by atoms with Crippen molar-refractivity contribution in [2.75, 3.05) is 7.11 Å². The summed E-state index contributed by atoms with van der Waals surface area (Å²) in [7, 11) is 3.12. The molecule has 1 aromatic heterocycles. The lowest BCUT2D eigenvalue weighted by Gasteiger charge is -2.21. The van der Waals surface area contributed by atoms with Crippen LogP contribution in [0.15, 0.2) is 34.6 Å². The number of fused-ring (bicyclic) bond motifs is 1. The van der Waals surface area contributed by atoms with E-state index in [1.165, 1.54) is 4.57 Å². The normalized spacial score (nSPS) is 14.2. The third kappa shape index (κ3) is 3.54. The van der Waals surface area contributed by atoms with E-state index in [-0.39, 0.29) is 23.7 Å². The molecule has 0 saturated carbocycles. The molecule has 0 saturated heterocycles. The lowest BCUT2D eigenvalue weighted by atomic mass is 9.83. The van der Waals surface area contributed by atoms with Crippen LogP contribution in [-0.2, 0) is 24.7 Å². The Kier molecular flexibility index (Phi) is 5.20. The number of hydrogen-bond donors (Lipinski definition) is 0. The van der Waals surface area contributed by atoms with Crippen molar-refractivity contribution in [1.82, 2.24) is 4.57 Å². The summed E-state index contributed by atoms with van der Waals surface area (Å²) in [5, 5.41) is 9.52. The van der Waals surface area contributed by atoms with Crippen LogP contribution in [-0.4, -0.2) is 17.5 Å². The minimum atomic E-state index is -0.210. The predicted octanol–water partition coefficient (Wildman–Crippen LogP) is 3.31. The molecule has 2 aromatic rings. The molecule has 0 fully saturated rings. The highest BCUT2D eigenvalue weighted by Gasteiger charge is 2.25. The maximum absolute atomic E-state index is 12.7. The summed E-state index contributed by atoms with van der Waals surface area (Å²) in [5.74, 6) is 0.450. The number of ether oxygens (including phenoxy) is 1. The number of halogens is 1. The van der Waals surface area contributed by atoms with Gasteiger partial charge in [-0.15, -0.1) is 0 Å². The summed E-state index contributed by atoms with van der Waals surface area (Å²) in [5.41, 5.74) is 3.13. The van der Waals surface area contributed by atoms with Gasteiger partial charge < -0.3 is 9.30 Å². The molecule has 138 valence electrons. The zero-order chi connectivity index (χ0) is 19.7. The number of carbonyl (C=O) groups excluding carboxylic acids is 1. The van der Waals surface area contributed by atoms with E-state index in [0.717, 1.165) is 11.1 Å². The number of ketones is 1. The van der Waals surface area contributed by atoms with Crippen LogP contribution in [0.1, 0.15) is 29.3 Å². The zero-order valence-corrected chi connectivity index (χ0v) is 16.1. The second kappa shape index (κ2) is 7.42. The molecule has 0 unspecified atom stereocenters. The first kappa shape index (κ1) is 18.9. The van der Waals surface area contributed by atoms with E-state index in [9.17, 15) is 9.59 Å². The Labute approximate surface area is 162 Å². The molecule has 1 aromatic carbocycles. The van der Waals surface area contributed by atoms with E-state index in [1.54, 1.807) is 38.4 Å². The van der Waals surface area contributed by atoms with Crippen LogP contribution in [0.4, 0.5) is 0 Å². The van der Waals surface area contributed by atoms with Crippen molar-refractivity contribution in [2.24, 2.45) is 13.0 Å². The van der Waals surface area contributed by atoms with Gasteiger partial charge in [0.25, 0.3) is 5.56 Å². The zero-order valence-electron chi connectivity index (χ0n) is 15.4. The molecule has 1 atom stereocenters. The second-order valence-electron chi connectivity index (χ2n) is 6.71. The van der Waals surface area contributed by atoms with Crippen LogP contribution < -0.4 is 10.3 Å². The van der Waals surface area contributed by atoms with Crippen molar-refractivity contribution < 1.29 is 9.53 Å². The van der Waals surface area contributed by atoms with E-state index in [2.05, 4.69) is 0 Å². The first-order valence-electron chi connectivity index (χ1n) is 8.56. The number of nitrogens with zero attached hydrogens (tertiary/aromatic N) is 2. The molecule has 0 spiro atoms. The summed E-state index contributed by atoms with van der Waals surface area (Å²) in [6.07, 6.45) is 2.56. The fourth-order valence-electron chi connectivity index (χ4n) is 3.39. The van der Waals surface area contributed by atoms with Gasteiger partial charge in [-0.1, -0.05) is 24.6 Å². The largest absolute Gasteiger partial charge is 0.495 e. The number of allylic oxidation sites excluding steroid dienone is 1. The highest BCUT2D eigenvalue weighted by Crippen LogP contribution is 2.34. The number of methoxy groups -OCH3 is 1. The standard InChI is InChI=1S/C21H19ClN2O3/c1-12(6-13-4-5-16(11-23)24(2)21(13)26)17-7-14-8-18(22)20(27-3)10-15(14)9-19(17)25/h4-5,7-8,10,12H,6,9H2,1-3H3/t12-/m1/s1. The maximum atomic E-state index is 12.7. The molecule has 0 amide bonds. The van der Waals surface area contributed by atoms with Crippen LogP contribution >= 0.6 is 11.6 Å². The van der Waals surface area contributed by atoms with Crippen molar-refractivity contribution >= 4 is 23.5 Å². The Hall–Kier alpha value is -2.84. The Bertz CT molecular complexity index is 1060. The number of pyridine rings is 1. The van der Waals surface area contributed by atoms with E-state index in [0.29, 0.717) is 34.0 Å². The minimum Gasteiger partial charge on any atom is -0.495 e. The third-order valence-electron chi connectivity index (χ3n) is 4.95. The van der Waals surface area contributed by atoms with Crippen molar-refractivity contribution in [2.45, 2.75) is 19.8 Å². The van der Waals surface area contributed by atoms with Gasteiger partial charge in [0.1, 0.15) is 17.5 Å². The topological polar surface area (TPSA) is 72.1 Å². The van der Waals surface area contributed by atoms with E-state index in [1.807, 2.05) is 19.1 Å². The van der Waals surface area contributed by atoms with Gasteiger partial charge in [-0.2, -0.15) is 5.26 Å². The third-order valence-corrected chi connectivity index (χ3v) is 5.25. The lowest BCUT2D eigenvalue weighted by molar-refractivity contribution is -0.115. The lowest BCUT2D eigenvalue weighted by Crippen LogP contribution is -2.26. The molecular formula is C21H19ClN2O3. The second-order valence-corrected chi connectivity index (χ2v) is 7.12. The van der Waals surface area contributed by atoms with Crippen LogP contribution in [0.2, 0.25) is 5.02 Å². The van der Waals surface area contributed by atoms with E-state index in [4.69, 9.17) is 21.6 Å². The van der Waals surface area contributed by atoms with Crippen LogP contribution in [0.3, 0.4) is 0 Å². The van der Waals surface area contributed by atoms with Gasteiger partial charge in [-0.3, -0.25) is 9.59 Å².